The summed E-state index contributed by atoms with van der Waals surface area (Å²) in [5.41, 5.74) is 2.49. The Morgan fingerprint density at radius 2 is 2.50 bits per heavy atom. The lowest BCUT2D eigenvalue weighted by molar-refractivity contribution is 0.165. The molecule has 2 N–H and O–H groups in total. The van der Waals surface area contributed by atoms with Crippen molar-refractivity contribution < 1.29 is 9.52 Å². The van der Waals surface area contributed by atoms with E-state index in [1.807, 2.05) is 6.92 Å². The molecule has 0 fully saturated rings. The van der Waals surface area contributed by atoms with Gasteiger partial charge in [-0.05, 0) is 6.92 Å². The van der Waals surface area contributed by atoms with Crippen LogP contribution in [0.5, 0.6) is 0 Å². The lowest BCUT2D eigenvalue weighted by atomic mass is 10.1. The van der Waals surface area contributed by atoms with Crippen LogP contribution in [0.25, 0.3) is 6.01 Å². The number of hydrogen-bond acceptors (Lipinski definition) is 5. The molecule has 16 heavy (non-hydrogen) atoms. The second-order valence-corrected chi connectivity index (χ2v) is 3.89. The molecule has 0 aliphatic carbocycles. The lowest BCUT2D eigenvalue weighted by Crippen LogP contribution is -2.27. The number of fused-ring (bicyclic) bond motifs is 1. The Kier molecular flexibility index (Phi) is 2.05. The Morgan fingerprint density at radius 3 is 3.19 bits per heavy atom. The first kappa shape index (κ1) is 9.56. The highest BCUT2D eigenvalue weighted by molar-refractivity contribution is 5.25. The van der Waals surface area contributed by atoms with E-state index in [9.17, 15) is 5.11 Å². The van der Waals surface area contributed by atoms with Gasteiger partial charge in [0.15, 0.2) is 0 Å². The van der Waals surface area contributed by atoms with Crippen LogP contribution in [-0.2, 0) is 6.54 Å². The number of aromatic nitrogens is 3. The van der Waals surface area contributed by atoms with E-state index in [4.69, 9.17) is 4.42 Å². The van der Waals surface area contributed by atoms with Crippen LogP contribution in [0.3, 0.4) is 0 Å². The zero-order valence-electron chi connectivity index (χ0n) is 8.84. The molecular weight excluding hydrogens is 208 g/mol. The number of rotatable bonds is 1. The third-order valence-electron chi connectivity index (χ3n) is 2.62. The number of aryl methyl sites for hydroxylation is 1. The molecule has 2 aromatic heterocycles. The summed E-state index contributed by atoms with van der Waals surface area (Å²) in [7, 11) is 0. The molecule has 1 aliphatic rings. The van der Waals surface area contributed by atoms with Gasteiger partial charge < -0.3 is 14.8 Å². The molecule has 2 aromatic rings. The summed E-state index contributed by atoms with van der Waals surface area (Å²) in [6.45, 7) is 3.08. The first-order valence-corrected chi connectivity index (χ1v) is 5.14. The van der Waals surface area contributed by atoms with E-state index in [1.54, 1.807) is 17.1 Å². The summed E-state index contributed by atoms with van der Waals surface area (Å²) in [5, 5.41) is 17.2. The number of β-amino-alcohol motifs (C(OH)–C–C–N with tert-alkyl or cyclic N) is 1. The average Bonchev–Trinajstić information content (AvgIpc) is 2.84. The maximum absolute atomic E-state index is 9.76. The standard InChI is InChI=1S/C10H12N4O2/c1-6-5-16-10(12-6)14-4-7-8(13-14)2-11-3-9(7)15/h4-5,9,11,15H,2-3H2,1H3. The van der Waals surface area contributed by atoms with Crippen molar-refractivity contribution in [3.8, 4) is 6.01 Å². The largest absolute Gasteiger partial charge is 0.430 e. The second kappa shape index (κ2) is 3.43. The lowest BCUT2D eigenvalue weighted by Gasteiger charge is -2.16. The fraction of sp³-hybridized carbons (Fsp3) is 0.400. The predicted molar refractivity (Wildman–Crippen MR) is 55.0 cm³/mol. The Balaban J connectivity index is 2.04. The van der Waals surface area contributed by atoms with Gasteiger partial charge in [-0.1, -0.05) is 0 Å². The van der Waals surface area contributed by atoms with Crippen molar-refractivity contribution in [2.45, 2.75) is 19.6 Å². The maximum atomic E-state index is 9.76. The van der Waals surface area contributed by atoms with Gasteiger partial charge in [-0.2, -0.15) is 14.8 Å². The minimum absolute atomic E-state index is 0.430. The van der Waals surface area contributed by atoms with Gasteiger partial charge in [-0.15, -0.1) is 0 Å². The summed E-state index contributed by atoms with van der Waals surface area (Å²) < 4.78 is 6.81. The van der Waals surface area contributed by atoms with E-state index in [-0.39, 0.29) is 0 Å². The first-order chi connectivity index (χ1) is 7.74. The molecule has 0 amide bonds. The Hall–Kier alpha value is -1.66. The number of nitrogens with one attached hydrogen (secondary N) is 1. The topological polar surface area (TPSA) is 76.1 Å². The molecule has 6 heteroatoms. The normalized spacial score (nSPS) is 19.8. The summed E-state index contributed by atoms with van der Waals surface area (Å²) in [6, 6.07) is 0.430. The fourth-order valence-electron chi connectivity index (χ4n) is 1.82. The SMILES string of the molecule is Cc1coc(-n2cc3c(n2)CNCC3O)n1. The van der Waals surface area contributed by atoms with E-state index in [1.165, 1.54) is 0 Å². The third-order valence-corrected chi connectivity index (χ3v) is 2.62. The molecule has 0 spiro atoms. The first-order valence-electron chi connectivity index (χ1n) is 5.14. The highest BCUT2D eigenvalue weighted by atomic mass is 16.4. The molecular formula is C10H12N4O2. The van der Waals surface area contributed by atoms with Gasteiger partial charge in [0.1, 0.15) is 6.26 Å². The molecule has 84 valence electrons. The molecule has 1 unspecified atom stereocenters. The number of oxazole rings is 1. The highest BCUT2D eigenvalue weighted by Crippen LogP contribution is 2.21. The minimum atomic E-state index is -0.506. The van der Waals surface area contributed by atoms with Crippen molar-refractivity contribution in [1.29, 1.82) is 0 Å². The van der Waals surface area contributed by atoms with Crippen molar-refractivity contribution in [3.63, 3.8) is 0 Å². The molecule has 0 saturated heterocycles. The van der Waals surface area contributed by atoms with Crippen molar-refractivity contribution >= 4 is 0 Å². The van der Waals surface area contributed by atoms with Gasteiger partial charge in [0.05, 0.1) is 17.5 Å². The summed E-state index contributed by atoms with van der Waals surface area (Å²) >= 11 is 0. The van der Waals surface area contributed by atoms with E-state index < -0.39 is 6.10 Å². The molecule has 3 heterocycles. The summed E-state index contributed by atoms with van der Waals surface area (Å²) in [5.74, 6) is 0. The molecule has 0 radical (unpaired) electrons. The fourth-order valence-corrected chi connectivity index (χ4v) is 1.82. The van der Waals surface area contributed by atoms with Gasteiger partial charge in [0, 0.05) is 24.8 Å². The van der Waals surface area contributed by atoms with Gasteiger partial charge >= 0.3 is 6.01 Å². The number of aliphatic hydroxyl groups excluding tert-OH is 1. The quantitative estimate of drug-likeness (QED) is 0.723. The van der Waals surface area contributed by atoms with E-state index >= 15 is 0 Å². The monoisotopic (exact) mass is 220 g/mol. The Labute approximate surface area is 91.9 Å². The maximum Gasteiger partial charge on any atom is 0.322 e. The molecule has 1 aliphatic heterocycles. The molecule has 0 bridgehead atoms. The van der Waals surface area contributed by atoms with Gasteiger partial charge in [-0.3, -0.25) is 0 Å². The van der Waals surface area contributed by atoms with E-state index in [2.05, 4.69) is 15.4 Å². The van der Waals surface area contributed by atoms with Crippen molar-refractivity contribution in [1.82, 2.24) is 20.1 Å². The number of hydrogen-bond donors (Lipinski definition) is 2. The zero-order valence-corrected chi connectivity index (χ0v) is 8.84. The van der Waals surface area contributed by atoms with Crippen molar-refractivity contribution in [3.05, 3.63) is 29.4 Å². The molecule has 6 nitrogen and oxygen atoms in total. The number of aliphatic hydroxyl groups is 1. The van der Waals surface area contributed by atoms with Gasteiger partial charge in [0.2, 0.25) is 0 Å². The molecule has 3 rings (SSSR count). The van der Waals surface area contributed by atoms with E-state index in [0.717, 1.165) is 17.0 Å². The van der Waals surface area contributed by atoms with Gasteiger partial charge in [-0.25, -0.2) is 0 Å². The Bertz CT molecular complexity index is 517. The van der Waals surface area contributed by atoms with Crippen LogP contribution in [0.2, 0.25) is 0 Å². The van der Waals surface area contributed by atoms with Crippen LogP contribution >= 0.6 is 0 Å². The van der Waals surface area contributed by atoms with Crippen LogP contribution in [0, 0.1) is 6.92 Å². The van der Waals surface area contributed by atoms with Crippen LogP contribution in [0.15, 0.2) is 16.9 Å². The molecule has 1 atom stereocenters. The van der Waals surface area contributed by atoms with Crippen LogP contribution < -0.4 is 5.32 Å². The summed E-state index contributed by atoms with van der Waals surface area (Å²) in [6.07, 6.45) is 2.84. The van der Waals surface area contributed by atoms with Crippen molar-refractivity contribution in [2.75, 3.05) is 6.54 Å². The smallest absolute Gasteiger partial charge is 0.322 e. The highest BCUT2D eigenvalue weighted by Gasteiger charge is 2.22. The third kappa shape index (κ3) is 1.43. The Morgan fingerprint density at radius 1 is 1.62 bits per heavy atom. The van der Waals surface area contributed by atoms with Crippen LogP contribution in [0.4, 0.5) is 0 Å². The number of nitrogens with zero attached hydrogens (tertiary/aromatic N) is 3. The van der Waals surface area contributed by atoms with E-state index in [0.29, 0.717) is 19.1 Å². The summed E-state index contributed by atoms with van der Waals surface area (Å²) in [4.78, 5) is 4.18. The predicted octanol–water partition coefficient (Wildman–Crippen LogP) is 0.305. The molecule has 0 aromatic carbocycles. The van der Waals surface area contributed by atoms with Crippen molar-refractivity contribution in [2.24, 2.45) is 0 Å². The zero-order chi connectivity index (χ0) is 11.1. The molecule has 0 saturated carbocycles. The van der Waals surface area contributed by atoms with Crippen LogP contribution in [0.1, 0.15) is 23.1 Å². The average molecular weight is 220 g/mol. The van der Waals surface area contributed by atoms with Crippen LogP contribution in [-0.4, -0.2) is 26.4 Å². The minimum Gasteiger partial charge on any atom is -0.430 e. The van der Waals surface area contributed by atoms with Gasteiger partial charge in [0.25, 0.3) is 0 Å². The second-order valence-electron chi connectivity index (χ2n) is 3.89.